The Morgan fingerprint density at radius 1 is 0.792 bits per heavy atom. The minimum atomic E-state index is -0.107. The van der Waals surface area contributed by atoms with E-state index in [1.165, 1.54) is 0 Å². The van der Waals surface area contributed by atoms with Gasteiger partial charge in [0.1, 0.15) is 0 Å². The number of nitrogens with two attached hydrogens (primary N) is 2. The standard InChI is InChI=1S/C20H19N3O/c21-18-10-9-16(12-19(18)22)15-7-4-8-17(11-15)20(24)23-13-14-5-2-1-3-6-14/h1-12H,13,21-22H2,(H,23,24). The molecule has 4 heteroatoms. The average Bonchev–Trinajstić information content (AvgIpc) is 2.63. The number of benzene rings is 3. The molecule has 3 rings (SSSR count). The van der Waals surface area contributed by atoms with Gasteiger partial charge in [0.2, 0.25) is 0 Å². The lowest BCUT2D eigenvalue weighted by atomic mass is 10.0. The molecule has 0 aliphatic carbocycles. The molecule has 120 valence electrons. The lowest BCUT2D eigenvalue weighted by Crippen LogP contribution is -2.22. The summed E-state index contributed by atoms with van der Waals surface area (Å²) in [6.45, 7) is 0.499. The summed E-state index contributed by atoms with van der Waals surface area (Å²) in [5, 5.41) is 2.93. The molecule has 0 saturated heterocycles. The van der Waals surface area contributed by atoms with Gasteiger partial charge in [0.25, 0.3) is 5.91 Å². The van der Waals surface area contributed by atoms with Gasteiger partial charge >= 0.3 is 0 Å². The Kier molecular flexibility index (Phi) is 4.47. The van der Waals surface area contributed by atoms with Gasteiger partial charge in [0.05, 0.1) is 11.4 Å². The van der Waals surface area contributed by atoms with Crippen LogP contribution in [-0.2, 0) is 6.54 Å². The minimum Gasteiger partial charge on any atom is -0.397 e. The van der Waals surface area contributed by atoms with Crippen LogP contribution in [0.15, 0.2) is 72.8 Å². The molecule has 0 aliphatic heterocycles. The van der Waals surface area contributed by atoms with Crippen molar-refractivity contribution in [3.63, 3.8) is 0 Å². The van der Waals surface area contributed by atoms with Crippen molar-refractivity contribution < 1.29 is 4.79 Å². The van der Waals surface area contributed by atoms with Crippen LogP contribution >= 0.6 is 0 Å². The highest BCUT2D eigenvalue weighted by atomic mass is 16.1. The van der Waals surface area contributed by atoms with Gasteiger partial charge < -0.3 is 16.8 Å². The van der Waals surface area contributed by atoms with E-state index in [0.717, 1.165) is 16.7 Å². The second-order valence-corrected chi connectivity index (χ2v) is 5.59. The van der Waals surface area contributed by atoms with E-state index in [2.05, 4.69) is 5.32 Å². The summed E-state index contributed by atoms with van der Waals surface area (Å²) in [5.74, 6) is -0.107. The molecular formula is C20H19N3O. The van der Waals surface area contributed by atoms with Gasteiger partial charge in [-0.2, -0.15) is 0 Å². The van der Waals surface area contributed by atoms with Crippen molar-refractivity contribution in [2.75, 3.05) is 11.5 Å². The van der Waals surface area contributed by atoms with Crippen molar-refractivity contribution in [1.82, 2.24) is 5.32 Å². The first-order valence-electron chi connectivity index (χ1n) is 7.71. The molecule has 3 aromatic rings. The average molecular weight is 317 g/mol. The lowest BCUT2D eigenvalue weighted by molar-refractivity contribution is 0.0951. The summed E-state index contributed by atoms with van der Waals surface area (Å²) < 4.78 is 0. The normalized spacial score (nSPS) is 10.3. The number of nitrogens with one attached hydrogen (secondary N) is 1. The fourth-order valence-electron chi connectivity index (χ4n) is 2.47. The molecule has 0 atom stereocenters. The Morgan fingerprint density at radius 3 is 2.29 bits per heavy atom. The van der Waals surface area contributed by atoms with E-state index in [1.54, 1.807) is 12.1 Å². The van der Waals surface area contributed by atoms with E-state index >= 15 is 0 Å². The van der Waals surface area contributed by atoms with Crippen LogP contribution in [0.3, 0.4) is 0 Å². The predicted molar refractivity (Wildman–Crippen MR) is 98.3 cm³/mol. The number of amides is 1. The van der Waals surface area contributed by atoms with E-state index < -0.39 is 0 Å². The smallest absolute Gasteiger partial charge is 0.251 e. The molecule has 0 unspecified atom stereocenters. The van der Waals surface area contributed by atoms with Crippen molar-refractivity contribution in [3.05, 3.63) is 83.9 Å². The van der Waals surface area contributed by atoms with E-state index in [9.17, 15) is 4.79 Å². The molecule has 24 heavy (non-hydrogen) atoms. The summed E-state index contributed by atoms with van der Waals surface area (Å²) in [4.78, 5) is 12.4. The van der Waals surface area contributed by atoms with Gasteiger partial charge in [-0.15, -0.1) is 0 Å². The van der Waals surface area contributed by atoms with Crippen molar-refractivity contribution in [1.29, 1.82) is 0 Å². The fourth-order valence-corrected chi connectivity index (χ4v) is 2.47. The molecule has 0 saturated carbocycles. The molecule has 0 radical (unpaired) electrons. The number of hydrogen-bond donors (Lipinski definition) is 3. The molecule has 0 heterocycles. The number of carbonyl (C=O) groups excluding carboxylic acids is 1. The zero-order valence-electron chi connectivity index (χ0n) is 13.2. The fraction of sp³-hybridized carbons (Fsp3) is 0.0500. The SMILES string of the molecule is Nc1ccc(-c2cccc(C(=O)NCc3ccccc3)c2)cc1N. The number of rotatable bonds is 4. The molecular weight excluding hydrogens is 298 g/mol. The Labute approximate surface area is 141 Å². The summed E-state index contributed by atoms with van der Waals surface area (Å²) in [6, 6.07) is 22.7. The number of hydrogen-bond acceptors (Lipinski definition) is 3. The van der Waals surface area contributed by atoms with Crippen molar-refractivity contribution in [3.8, 4) is 11.1 Å². The Bertz CT molecular complexity index is 860. The minimum absolute atomic E-state index is 0.107. The van der Waals surface area contributed by atoms with Gasteiger partial charge in [-0.1, -0.05) is 48.5 Å². The van der Waals surface area contributed by atoms with Gasteiger partial charge in [0, 0.05) is 12.1 Å². The van der Waals surface area contributed by atoms with E-state index in [4.69, 9.17) is 11.5 Å². The van der Waals surface area contributed by atoms with Crippen LogP contribution in [0.2, 0.25) is 0 Å². The first-order valence-corrected chi connectivity index (χ1v) is 7.71. The first kappa shape index (κ1) is 15.6. The summed E-state index contributed by atoms with van der Waals surface area (Å²) in [7, 11) is 0. The van der Waals surface area contributed by atoms with Crippen molar-refractivity contribution in [2.45, 2.75) is 6.54 Å². The van der Waals surface area contributed by atoms with Crippen LogP contribution in [0.4, 0.5) is 11.4 Å². The third-order valence-electron chi connectivity index (χ3n) is 3.84. The number of carbonyl (C=O) groups is 1. The van der Waals surface area contributed by atoms with Crippen LogP contribution in [0.1, 0.15) is 15.9 Å². The highest BCUT2D eigenvalue weighted by molar-refractivity contribution is 5.95. The highest BCUT2D eigenvalue weighted by Gasteiger charge is 2.08. The van der Waals surface area contributed by atoms with E-state index in [-0.39, 0.29) is 5.91 Å². The summed E-state index contributed by atoms with van der Waals surface area (Å²) in [5.41, 5.74) is 16.2. The molecule has 0 fully saturated rings. The largest absolute Gasteiger partial charge is 0.397 e. The van der Waals surface area contributed by atoms with Crippen LogP contribution in [0, 0.1) is 0 Å². The van der Waals surface area contributed by atoms with Crippen LogP contribution in [-0.4, -0.2) is 5.91 Å². The Balaban J connectivity index is 1.77. The molecule has 0 aromatic heterocycles. The third kappa shape index (κ3) is 3.55. The molecule has 0 bridgehead atoms. The van der Waals surface area contributed by atoms with Crippen molar-refractivity contribution in [2.24, 2.45) is 0 Å². The summed E-state index contributed by atoms with van der Waals surface area (Å²) >= 11 is 0. The molecule has 0 aliphatic rings. The Morgan fingerprint density at radius 2 is 1.54 bits per heavy atom. The Hall–Kier alpha value is -3.27. The first-order chi connectivity index (χ1) is 11.6. The maximum Gasteiger partial charge on any atom is 0.251 e. The molecule has 5 N–H and O–H groups in total. The van der Waals surface area contributed by atoms with Crippen LogP contribution < -0.4 is 16.8 Å². The van der Waals surface area contributed by atoms with Gasteiger partial charge in [-0.3, -0.25) is 4.79 Å². The monoisotopic (exact) mass is 317 g/mol. The number of nitrogen functional groups attached to an aromatic ring is 2. The van der Waals surface area contributed by atoms with Gasteiger partial charge in [0.15, 0.2) is 0 Å². The second-order valence-electron chi connectivity index (χ2n) is 5.59. The van der Waals surface area contributed by atoms with Gasteiger partial charge in [-0.25, -0.2) is 0 Å². The van der Waals surface area contributed by atoms with Crippen LogP contribution in [0.25, 0.3) is 11.1 Å². The third-order valence-corrected chi connectivity index (χ3v) is 3.84. The van der Waals surface area contributed by atoms with E-state index in [1.807, 2.05) is 60.7 Å². The highest BCUT2D eigenvalue weighted by Crippen LogP contribution is 2.25. The van der Waals surface area contributed by atoms with Crippen LogP contribution in [0.5, 0.6) is 0 Å². The van der Waals surface area contributed by atoms with E-state index in [0.29, 0.717) is 23.5 Å². The quantitative estimate of drug-likeness (QED) is 0.645. The zero-order chi connectivity index (χ0) is 16.9. The predicted octanol–water partition coefficient (Wildman–Crippen LogP) is 3.45. The maximum absolute atomic E-state index is 12.4. The molecule has 0 spiro atoms. The molecule has 1 amide bonds. The van der Waals surface area contributed by atoms with Gasteiger partial charge in [-0.05, 0) is 41.0 Å². The topological polar surface area (TPSA) is 81.1 Å². The molecule has 3 aromatic carbocycles. The molecule has 4 nitrogen and oxygen atoms in total. The maximum atomic E-state index is 12.4. The number of anilines is 2. The second kappa shape index (κ2) is 6.87. The lowest BCUT2D eigenvalue weighted by Gasteiger charge is -2.09. The van der Waals surface area contributed by atoms with Crippen molar-refractivity contribution >= 4 is 17.3 Å². The zero-order valence-corrected chi connectivity index (χ0v) is 13.2. The summed E-state index contributed by atoms with van der Waals surface area (Å²) in [6.07, 6.45) is 0.